The van der Waals surface area contributed by atoms with E-state index in [4.69, 9.17) is 14.2 Å². The molecule has 0 radical (unpaired) electrons. The van der Waals surface area contributed by atoms with Crippen LogP contribution >= 0.6 is 0 Å². The summed E-state index contributed by atoms with van der Waals surface area (Å²) in [5.74, 6) is -0.134. The van der Waals surface area contributed by atoms with Crippen molar-refractivity contribution in [2.45, 2.75) is 69.6 Å². The topological polar surface area (TPSA) is 56.8 Å². The van der Waals surface area contributed by atoms with Crippen LogP contribution in [0.5, 0.6) is 0 Å². The number of carbonyl (C=O) groups excluding carboxylic acids is 1. The first kappa shape index (κ1) is 16.7. The lowest BCUT2D eigenvalue weighted by atomic mass is 9.79. The standard InChI is InChI=1S/C16H29NO4/c1-3-9-20-10-11-21-14-5-4-8-16(12-14,15(18)19-2)17-13-6-7-13/h13-14,17H,3-12H2,1-2H3. The van der Waals surface area contributed by atoms with Gasteiger partial charge in [-0.15, -0.1) is 0 Å². The molecule has 0 heterocycles. The molecule has 5 nitrogen and oxygen atoms in total. The first-order valence-electron chi connectivity index (χ1n) is 8.25. The van der Waals surface area contributed by atoms with Crippen LogP contribution < -0.4 is 5.32 Å². The molecule has 0 aromatic carbocycles. The first-order valence-corrected chi connectivity index (χ1v) is 8.25. The molecule has 2 fully saturated rings. The van der Waals surface area contributed by atoms with E-state index in [1.165, 1.54) is 7.11 Å². The van der Waals surface area contributed by atoms with Crippen LogP contribution in [0.1, 0.15) is 51.9 Å². The van der Waals surface area contributed by atoms with Gasteiger partial charge in [0.2, 0.25) is 0 Å². The average Bonchev–Trinajstić information content (AvgIpc) is 3.30. The zero-order valence-corrected chi connectivity index (χ0v) is 13.4. The highest BCUT2D eigenvalue weighted by Gasteiger charge is 2.46. The van der Waals surface area contributed by atoms with Crippen LogP contribution in [0, 0.1) is 0 Å². The molecule has 2 aliphatic carbocycles. The Bertz CT molecular complexity index is 332. The van der Waals surface area contributed by atoms with Crippen molar-refractivity contribution in [3.63, 3.8) is 0 Å². The van der Waals surface area contributed by atoms with E-state index >= 15 is 0 Å². The number of carbonyl (C=O) groups is 1. The van der Waals surface area contributed by atoms with Gasteiger partial charge >= 0.3 is 5.97 Å². The third kappa shape index (κ3) is 4.94. The number of hydrogen-bond acceptors (Lipinski definition) is 5. The summed E-state index contributed by atoms with van der Waals surface area (Å²) >= 11 is 0. The maximum atomic E-state index is 12.2. The molecule has 122 valence electrons. The van der Waals surface area contributed by atoms with E-state index in [-0.39, 0.29) is 12.1 Å². The van der Waals surface area contributed by atoms with E-state index in [0.717, 1.165) is 45.1 Å². The van der Waals surface area contributed by atoms with Crippen LogP contribution in [-0.4, -0.2) is 50.6 Å². The highest BCUT2D eigenvalue weighted by Crippen LogP contribution is 2.34. The molecule has 0 saturated heterocycles. The van der Waals surface area contributed by atoms with Crippen LogP contribution in [0.15, 0.2) is 0 Å². The minimum Gasteiger partial charge on any atom is -0.468 e. The quantitative estimate of drug-likeness (QED) is 0.521. The molecule has 2 saturated carbocycles. The SMILES string of the molecule is CCCOCCOC1CCCC(NC2CC2)(C(=O)OC)C1. The van der Waals surface area contributed by atoms with E-state index in [1.807, 2.05) is 0 Å². The summed E-state index contributed by atoms with van der Waals surface area (Å²) in [6.45, 7) is 4.11. The highest BCUT2D eigenvalue weighted by atomic mass is 16.5. The average molecular weight is 299 g/mol. The molecule has 0 aromatic heterocycles. The Balaban J connectivity index is 1.82. The summed E-state index contributed by atoms with van der Waals surface area (Å²) in [4.78, 5) is 12.2. The molecular formula is C16H29NO4. The second-order valence-electron chi connectivity index (χ2n) is 6.19. The van der Waals surface area contributed by atoms with Gasteiger partial charge in [0.05, 0.1) is 26.4 Å². The Hall–Kier alpha value is -0.650. The van der Waals surface area contributed by atoms with Gasteiger partial charge in [-0.2, -0.15) is 0 Å². The second kappa shape index (κ2) is 8.11. The molecule has 2 atom stereocenters. The van der Waals surface area contributed by atoms with Gasteiger partial charge in [-0.25, -0.2) is 0 Å². The van der Waals surface area contributed by atoms with Crippen molar-refractivity contribution in [2.24, 2.45) is 0 Å². The normalized spacial score (nSPS) is 29.3. The zero-order valence-electron chi connectivity index (χ0n) is 13.4. The van der Waals surface area contributed by atoms with Crippen molar-refractivity contribution in [3.8, 4) is 0 Å². The van der Waals surface area contributed by atoms with E-state index in [1.54, 1.807) is 0 Å². The molecule has 2 aliphatic rings. The van der Waals surface area contributed by atoms with E-state index in [2.05, 4.69) is 12.2 Å². The van der Waals surface area contributed by atoms with Crippen molar-refractivity contribution >= 4 is 5.97 Å². The summed E-state index contributed by atoms with van der Waals surface area (Å²) in [5, 5.41) is 3.51. The Labute approximate surface area is 127 Å². The van der Waals surface area contributed by atoms with Crippen LogP contribution in [-0.2, 0) is 19.0 Å². The van der Waals surface area contributed by atoms with Crippen LogP contribution in [0.4, 0.5) is 0 Å². The molecule has 0 spiro atoms. The van der Waals surface area contributed by atoms with Gasteiger partial charge < -0.3 is 14.2 Å². The molecule has 2 rings (SSSR count). The molecule has 0 aliphatic heterocycles. The number of hydrogen-bond donors (Lipinski definition) is 1. The molecule has 0 bridgehead atoms. The van der Waals surface area contributed by atoms with E-state index in [9.17, 15) is 4.79 Å². The van der Waals surface area contributed by atoms with Gasteiger partial charge in [-0.05, 0) is 38.5 Å². The Morgan fingerprint density at radius 1 is 1.24 bits per heavy atom. The summed E-state index contributed by atoms with van der Waals surface area (Å²) in [7, 11) is 1.47. The lowest BCUT2D eigenvalue weighted by Gasteiger charge is -2.39. The highest BCUT2D eigenvalue weighted by molar-refractivity contribution is 5.81. The zero-order chi connectivity index (χ0) is 15.1. The summed E-state index contributed by atoms with van der Waals surface area (Å²) < 4.78 is 16.4. The number of esters is 1. The van der Waals surface area contributed by atoms with Gasteiger partial charge in [0.25, 0.3) is 0 Å². The molecular weight excluding hydrogens is 270 g/mol. The van der Waals surface area contributed by atoms with Crippen LogP contribution in [0.2, 0.25) is 0 Å². The largest absolute Gasteiger partial charge is 0.468 e. The molecule has 0 amide bonds. The van der Waals surface area contributed by atoms with Crippen molar-refractivity contribution < 1.29 is 19.0 Å². The number of methoxy groups -OCH3 is 1. The fourth-order valence-corrected chi connectivity index (χ4v) is 3.08. The summed E-state index contributed by atoms with van der Waals surface area (Å²) in [6, 6.07) is 0.482. The third-order valence-electron chi connectivity index (χ3n) is 4.27. The number of nitrogens with one attached hydrogen (secondary N) is 1. The molecule has 1 N–H and O–H groups in total. The Morgan fingerprint density at radius 2 is 2.05 bits per heavy atom. The number of ether oxygens (including phenoxy) is 3. The minimum absolute atomic E-state index is 0.120. The van der Waals surface area contributed by atoms with Crippen molar-refractivity contribution in [1.29, 1.82) is 0 Å². The van der Waals surface area contributed by atoms with Gasteiger partial charge in [0, 0.05) is 19.1 Å². The fourth-order valence-electron chi connectivity index (χ4n) is 3.08. The molecule has 21 heavy (non-hydrogen) atoms. The summed E-state index contributed by atoms with van der Waals surface area (Å²) in [6.07, 6.45) is 7.04. The van der Waals surface area contributed by atoms with E-state index < -0.39 is 5.54 Å². The second-order valence-corrected chi connectivity index (χ2v) is 6.19. The number of rotatable bonds is 9. The predicted octanol–water partition coefficient (Wildman–Crippen LogP) is 2.04. The van der Waals surface area contributed by atoms with Gasteiger partial charge in [-0.3, -0.25) is 10.1 Å². The van der Waals surface area contributed by atoms with Gasteiger partial charge in [0.15, 0.2) is 0 Å². The van der Waals surface area contributed by atoms with Crippen molar-refractivity contribution in [3.05, 3.63) is 0 Å². The van der Waals surface area contributed by atoms with Crippen molar-refractivity contribution in [1.82, 2.24) is 5.32 Å². The monoisotopic (exact) mass is 299 g/mol. The molecule has 2 unspecified atom stereocenters. The minimum atomic E-state index is -0.539. The maximum Gasteiger partial charge on any atom is 0.326 e. The van der Waals surface area contributed by atoms with Crippen LogP contribution in [0.25, 0.3) is 0 Å². The van der Waals surface area contributed by atoms with Gasteiger partial charge in [0.1, 0.15) is 5.54 Å². The third-order valence-corrected chi connectivity index (χ3v) is 4.27. The van der Waals surface area contributed by atoms with Crippen molar-refractivity contribution in [2.75, 3.05) is 26.9 Å². The maximum absolute atomic E-state index is 12.2. The van der Waals surface area contributed by atoms with E-state index in [0.29, 0.717) is 25.7 Å². The molecule has 5 heteroatoms. The first-order chi connectivity index (χ1) is 10.2. The lowest BCUT2D eigenvalue weighted by molar-refractivity contribution is -0.153. The Kier molecular flexibility index (Phi) is 6.45. The smallest absolute Gasteiger partial charge is 0.326 e. The molecule has 0 aromatic rings. The fraction of sp³-hybridized carbons (Fsp3) is 0.938. The Morgan fingerprint density at radius 3 is 2.71 bits per heavy atom. The predicted molar refractivity (Wildman–Crippen MR) is 80.2 cm³/mol. The van der Waals surface area contributed by atoms with Gasteiger partial charge in [-0.1, -0.05) is 6.92 Å². The summed E-state index contributed by atoms with van der Waals surface area (Å²) in [5.41, 5.74) is -0.539. The lowest BCUT2D eigenvalue weighted by Crippen LogP contribution is -2.57. The van der Waals surface area contributed by atoms with Crippen LogP contribution in [0.3, 0.4) is 0 Å².